The van der Waals surface area contributed by atoms with Crippen LogP contribution in [0.1, 0.15) is 30.3 Å². The van der Waals surface area contributed by atoms with Crippen LogP contribution >= 0.6 is 11.3 Å². The number of benzene rings is 1. The van der Waals surface area contributed by atoms with Crippen LogP contribution in [0.25, 0.3) is 10.6 Å². The SMILES string of the molecule is CCc1nc(-c2cccc(NC(=O)C3CC3)c2)sc1C. The van der Waals surface area contributed by atoms with Crippen LogP contribution < -0.4 is 5.32 Å². The van der Waals surface area contributed by atoms with Crippen molar-refractivity contribution in [2.45, 2.75) is 33.1 Å². The van der Waals surface area contributed by atoms with Gasteiger partial charge in [-0.15, -0.1) is 11.3 Å². The van der Waals surface area contributed by atoms with Gasteiger partial charge in [0, 0.05) is 22.0 Å². The third-order valence-electron chi connectivity index (χ3n) is 3.55. The smallest absolute Gasteiger partial charge is 0.227 e. The summed E-state index contributed by atoms with van der Waals surface area (Å²) in [5.41, 5.74) is 3.11. The first-order valence-electron chi connectivity index (χ1n) is 7.05. The van der Waals surface area contributed by atoms with Gasteiger partial charge in [0.15, 0.2) is 0 Å². The number of aromatic nitrogens is 1. The summed E-state index contributed by atoms with van der Waals surface area (Å²) in [4.78, 5) is 17.7. The van der Waals surface area contributed by atoms with E-state index in [4.69, 9.17) is 0 Å². The van der Waals surface area contributed by atoms with Crippen molar-refractivity contribution in [1.82, 2.24) is 4.98 Å². The second-order valence-electron chi connectivity index (χ2n) is 5.22. The van der Waals surface area contributed by atoms with Gasteiger partial charge in [-0.2, -0.15) is 0 Å². The zero-order valence-corrected chi connectivity index (χ0v) is 12.6. The summed E-state index contributed by atoms with van der Waals surface area (Å²) >= 11 is 1.71. The van der Waals surface area contributed by atoms with Crippen molar-refractivity contribution < 1.29 is 4.79 Å². The van der Waals surface area contributed by atoms with Gasteiger partial charge in [-0.1, -0.05) is 19.1 Å². The third kappa shape index (κ3) is 2.75. The Bertz CT molecular complexity index is 644. The molecule has 1 heterocycles. The maximum absolute atomic E-state index is 11.8. The lowest BCUT2D eigenvalue weighted by Gasteiger charge is -2.05. The van der Waals surface area contributed by atoms with Gasteiger partial charge in [0.05, 0.1) is 5.69 Å². The van der Waals surface area contributed by atoms with Gasteiger partial charge >= 0.3 is 0 Å². The lowest BCUT2D eigenvalue weighted by molar-refractivity contribution is -0.117. The summed E-state index contributed by atoms with van der Waals surface area (Å²) in [7, 11) is 0. The average molecular weight is 286 g/mol. The number of nitrogens with one attached hydrogen (secondary N) is 1. The summed E-state index contributed by atoms with van der Waals surface area (Å²) in [6.45, 7) is 4.23. The zero-order valence-electron chi connectivity index (χ0n) is 11.8. The van der Waals surface area contributed by atoms with Crippen molar-refractivity contribution in [1.29, 1.82) is 0 Å². The Balaban J connectivity index is 1.84. The highest BCUT2D eigenvalue weighted by atomic mass is 32.1. The molecular weight excluding hydrogens is 268 g/mol. The molecule has 1 aromatic carbocycles. The van der Waals surface area contributed by atoms with Crippen LogP contribution in [-0.2, 0) is 11.2 Å². The van der Waals surface area contributed by atoms with Crippen LogP contribution in [0, 0.1) is 12.8 Å². The van der Waals surface area contributed by atoms with Crippen molar-refractivity contribution in [2.24, 2.45) is 5.92 Å². The summed E-state index contributed by atoms with van der Waals surface area (Å²) in [6.07, 6.45) is 3.01. The molecule has 1 amide bonds. The Labute approximate surface area is 123 Å². The fourth-order valence-corrected chi connectivity index (χ4v) is 3.20. The molecule has 0 saturated heterocycles. The highest BCUT2D eigenvalue weighted by Gasteiger charge is 2.29. The molecule has 1 N–H and O–H groups in total. The van der Waals surface area contributed by atoms with Crippen LogP contribution in [0.15, 0.2) is 24.3 Å². The summed E-state index contributed by atoms with van der Waals surface area (Å²) in [5.74, 6) is 0.374. The van der Waals surface area contributed by atoms with Gasteiger partial charge in [-0.3, -0.25) is 4.79 Å². The van der Waals surface area contributed by atoms with Crippen molar-refractivity contribution in [2.75, 3.05) is 5.32 Å². The molecule has 0 radical (unpaired) electrons. The quantitative estimate of drug-likeness (QED) is 0.922. The van der Waals surface area contributed by atoms with Gasteiger partial charge in [-0.25, -0.2) is 4.98 Å². The minimum atomic E-state index is 0.145. The normalized spacial score (nSPS) is 14.3. The number of anilines is 1. The Morgan fingerprint density at radius 1 is 1.45 bits per heavy atom. The third-order valence-corrected chi connectivity index (χ3v) is 4.61. The molecule has 0 bridgehead atoms. The van der Waals surface area contributed by atoms with Gasteiger partial charge in [0.2, 0.25) is 5.91 Å². The molecule has 1 saturated carbocycles. The first-order valence-corrected chi connectivity index (χ1v) is 7.86. The Morgan fingerprint density at radius 3 is 2.90 bits per heavy atom. The molecule has 1 fully saturated rings. The van der Waals surface area contributed by atoms with E-state index in [2.05, 4.69) is 24.1 Å². The maximum atomic E-state index is 11.8. The van der Waals surface area contributed by atoms with Crippen molar-refractivity contribution >= 4 is 22.9 Å². The van der Waals surface area contributed by atoms with E-state index in [-0.39, 0.29) is 11.8 Å². The average Bonchev–Trinajstić information content (AvgIpc) is 3.22. The molecule has 3 nitrogen and oxygen atoms in total. The van der Waals surface area contributed by atoms with Crippen LogP contribution in [-0.4, -0.2) is 10.9 Å². The number of aryl methyl sites for hydroxylation is 2. The lowest BCUT2D eigenvalue weighted by Crippen LogP contribution is -2.13. The molecule has 0 atom stereocenters. The van der Waals surface area contributed by atoms with E-state index in [0.29, 0.717) is 0 Å². The molecule has 0 aliphatic heterocycles. The zero-order chi connectivity index (χ0) is 14.1. The Morgan fingerprint density at radius 2 is 2.25 bits per heavy atom. The highest BCUT2D eigenvalue weighted by molar-refractivity contribution is 7.15. The summed E-state index contributed by atoms with van der Waals surface area (Å²) in [6, 6.07) is 7.97. The van der Waals surface area contributed by atoms with Crippen molar-refractivity contribution in [3.05, 3.63) is 34.8 Å². The molecule has 4 heteroatoms. The molecule has 2 aromatic rings. The van der Waals surface area contributed by atoms with Crippen LogP contribution in [0.4, 0.5) is 5.69 Å². The second kappa shape index (κ2) is 5.37. The van der Waals surface area contributed by atoms with E-state index in [0.717, 1.165) is 41.2 Å². The van der Waals surface area contributed by atoms with E-state index in [9.17, 15) is 4.79 Å². The molecule has 3 rings (SSSR count). The number of rotatable bonds is 4. The Kier molecular flexibility index (Phi) is 3.57. The molecule has 1 aromatic heterocycles. The standard InChI is InChI=1S/C16H18N2OS/c1-3-14-10(2)20-16(18-14)12-5-4-6-13(9-12)17-15(19)11-7-8-11/h4-6,9,11H,3,7-8H2,1-2H3,(H,17,19). The van der Waals surface area contributed by atoms with Gasteiger partial charge in [0.1, 0.15) is 5.01 Å². The molecular formula is C16H18N2OS. The first-order chi connectivity index (χ1) is 9.67. The fourth-order valence-electron chi connectivity index (χ4n) is 2.20. The predicted octanol–water partition coefficient (Wildman–Crippen LogP) is 4.03. The van der Waals surface area contributed by atoms with Crippen molar-refractivity contribution in [3.63, 3.8) is 0 Å². The molecule has 0 unspecified atom stereocenters. The number of hydrogen-bond donors (Lipinski definition) is 1. The monoisotopic (exact) mass is 286 g/mol. The Hall–Kier alpha value is -1.68. The molecule has 1 aliphatic rings. The second-order valence-corrected chi connectivity index (χ2v) is 6.42. The van der Waals surface area contributed by atoms with E-state index < -0.39 is 0 Å². The summed E-state index contributed by atoms with van der Waals surface area (Å²) in [5, 5.41) is 4.02. The number of carbonyl (C=O) groups is 1. The number of thiazole rings is 1. The minimum Gasteiger partial charge on any atom is -0.326 e. The molecule has 1 aliphatic carbocycles. The number of nitrogens with zero attached hydrogens (tertiary/aromatic N) is 1. The van der Waals surface area contributed by atoms with E-state index in [1.807, 2.05) is 24.3 Å². The van der Waals surface area contributed by atoms with E-state index in [1.165, 1.54) is 4.88 Å². The van der Waals surface area contributed by atoms with E-state index in [1.54, 1.807) is 11.3 Å². The van der Waals surface area contributed by atoms with Crippen molar-refractivity contribution in [3.8, 4) is 10.6 Å². The summed E-state index contributed by atoms with van der Waals surface area (Å²) < 4.78 is 0. The van der Waals surface area contributed by atoms with Crippen LogP contribution in [0.5, 0.6) is 0 Å². The first kappa shape index (κ1) is 13.3. The lowest BCUT2D eigenvalue weighted by atomic mass is 10.2. The topological polar surface area (TPSA) is 42.0 Å². The maximum Gasteiger partial charge on any atom is 0.227 e. The van der Waals surface area contributed by atoms with Crippen LogP contribution in [0.2, 0.25) is 0 Å². The molecule has 104 valence electrons. The highest BCUT2D eigenvalue weighted by Crippen LogP contribution is 2.32. The van der Waals surface area contributed by atoms with Gasteiger partial charge < -0.3 is 5.32 Å². The number of carbonyl (C=O) groups excluding carboxylic acids is 1. The van der Waals surface area contributed by atoms with Gasteiger partial charge in [-0.05, 0) is 38.3 Å². The fraction of sp³-hybridized carbons (Fsp3) is 0.375. The predicted molar refractivity (Wildman–Crippen MR) is 83.0 cm³/mol. The van der Waals surface area contributed by atoms with E-state index >= 15 is 0 Å². The number of amides is 1. The largest absolute Gasteiger partial charge is 0.326 e. The van der Waals surface area contributed by atoms with Crippen LogP contribution in [0.3, 0.4) is 0 Å². The molecule has 20 heavy (non-hydrogen) atoms. The molecule has 0 spiro atoms. The number of hydrogen-bond acceptors (Lipinski definition) is 3. The van der Waals surface area contributed by atoms with Gasteiger partial charge in [0.25, 0.3) is 0 Å². The minimum absolute atomic E-state index is 0.145.